The first-order chi connectivity index (χ1) is 17.6. The molecule has 1 saturated heterocycles. The van der Waals surface area contributed by atoms with E-state index in [9.17, 15) is 22.8 Å². The van der Waals surface area contributed by atoms with Crippen LogP contribution in [0, 0.1) is 6.92 Å². The summed E-state index contributed by atoms with van der Waals surface area (Å²) in [6.45, 7) is 2.59. The summed E-state index contributed by atoms with van der Waals surface area (Å²) in [6.07, 6.45) is -1.30. The Kier molecular flexibility index (Phi) is 6.16. The van der Waals surface area contributed by atoms with Crippen LogP contribution in [0.15, 0.2) is 84.6 Å². The average Bonchev–Trinajstić information content (AvgIpc) is 3.20. The molecule has 5 rings (SSSR count). The van der Waals surface area contributed by atoms with Crippen molar-refractivity contribution < 1.29 is 22.8 Å². The van der Waals surface area contributed by atoms with Gasteiger partial charge in [-0.15, -0.1) is 0 Å². The molecule has 37 heavy (non-hydrogen) atoms. The number of aromatic nitrogens is 1. The number of anilines is 1. The second-order valence-electron chi connectivity index (χ2n) is 8.72. The minimum absolute atomic E-state index is 0.0856. The van der Waals surface area contributed by atoms with Gasteiger partial charge in [0.05, 0.1) is 11.3 Å². The van der Waals surface area contributed by atoms with E-state index in [0.717, 1.165) is 39.1 Å². The molecule has 9 heteroatoms. The Balaban J connectivity index is 1.55. The molecule has 5 nitrogen and oxygen atoms in total. The second-order valence-corrected chi connectivity index (χ2v) is 9.11. The number of benzene rings is 3. The van der Waals surface area contributed by atoms with Gasteiger partial charge in [0.25, 0.3) is 11.8 Å². The molecule has 0 bridgehead atoms. The first-order valence-corrected chi connectivity index (χ1v) is 11.7. The van der Waals surface area contributed by atoms with Gasteiger partial charge in [-0.1, -0.05) is 54.1 Å². The maximum absolute atomic E-state index is 13.4. The quantitative estimate of drug-likeness (QED) is 0.209. The van der Waals surface area contributed by atoms with Gasteiger partial charge in [0.2, 0.25) is 0 Å². The summed E-state index contributed by atoms with van der Waals surface area (Å²) in [5, 5.41) is 2.96. The fraction of sp³-hybridized carbons (Fsp3) is 0.107. The number of alkyl halides is 3. The number of nitrogens with one attached hydrogen (secondary N) is 1. The maximum Gasteiger partial charge on any atom is 0.416 e. The number of nitrogens with zero attached hydrogens (tertiary/aromatic N) is 2. The number of aryl methyl sites for hydroxylation is 1. The van der Waals surface area contributed by atoms with Crippen molar-refractivity contribution in [3.05, 3.63) is 107 Å². The highest BCUT2D eigenvalue weighted by Gasteiger charge is 2.36. The van der Waals surface area contributed by atoms with E-state index in [1.54, 1.807) is 0 Å². The first-order valence-electron chi connectivity index (χ1n) is 11.3. The van der Waals surface area contributed by atoms with Crippen molar-refractivity contribution in [3.8, 4) is 0 Å². The highest BCUT2D eigenvalue weighted by Crippen LogP contribution is 2.33. The molecular weight excluding hydrogens is 499 g/mol. The Morgan fingerprint density at radius 2 is 1.70 bits per heavy atom. The lowest BCUT2D eigenvalue weighted by Crippen LogP contribution is -2.54. The van der Waals surface area contributed by atoms with Crippen LogP contribution >= 0.6 is 12.2 Å². The Hall–Kier alpha value is -4.24. The lowest BCUT2D eigenvalue weighted by atomic mass is 10.1. The number of fused-ring (bicyclic) bond motifs is 1. The summed E-state index contributed by atoms with van der Waals surface area (Å²) in [7, 11) is 0. The highest BCUT2D eigenvalue weighted by molar-refractivity contribution is 7.80. The van der Waals surface area contributed by atoms with E-state index in [1.165, 1.54) is 18.2 Å². The zero-order valence-electron chi connectivity index (χ0n) is 19.5. The molecule has 1 aliphatic rings. The van der Waals surface area contributed by atoms with Gasteiger partial charge in [0.1, 0.15) is 5.57 Å². The van der Waals surface area contributed by atoms with Gasteiger partial charge in [-0.2, -0.15) is 13.2 Å². The van der Waals surface area contributed by atoms with Crippen molar-refractivity contribution in [1.29, 1.82) is 0 Å². The summed E-state index contributed by atoms with van der Waals surface area (Å²) in [5.41, 5.74) is 2.51. The molecule has 1 aliphatic heterocycles. The van der Waals surface area contributed by atoms with Crippen molar-refractivity contribution in [1.82, 2.24) is 9.88 Å². The van der Waals surface area contributed by atoms with Crippen LogP contribution in [-0.2, 0) is 22.3 Å². The monoisotopic (exact) mass is 519 g/mol. The van der Waals surface area contributed by atoms with E-state index in [2.05, 4.69) is 5.32 Å². The molecule has 1 N–H and O–H groups in total. The number of hydrogen-bond acceptors (Lipinski definition) is 3. The molecule has 0 unspecified atom stereocenters. The number of hydrogen-bond donors (Lipinski definition) is 1. The van der Waals surface area contributed by atoms with Gasteiger partial charge >= 0.3 is 6.18 Å². The number of carbonyl (C=O) groups is 2. The Labute approximate surface area is 215 Å². The Morgan fingerprint density at radius 1 is 0.973 bits per heavy atom. The highest BCUT2D eigenvalue weighted by atomic mass is 32.1. The summed E-state index contributed by atoms with van der Waals surface area (Å²) >= 11 is 5.14. The van der Waals surface area contributed by atoms with Gasteiger partial charge in [0.15, 0.2) is 5.11 Å². The summed E-state index contributed by atoms with van der Waals surface area (Å²) < 4.78 is 41.8. The molecule has 0 spiro atoms. The van der Waals surface area contributed by atoms with E-state index in [0.29, 0.717) is 12.1 Å². The summed E-state index contributed by atoms with van der Waals surface area (Å²) in [6, 6.07) is 20.0. The molecule has 1 fully saturated rings. The van der Waals surface area contributed by atoms with Crippen LogP contribution in [-0.4, -0.2) is 21.5 Å². The van der Waals surface area contributed by atoms with E-state index >= 15 is 0 Å². The third-order valence-electron chi connectivity index (χ3n) is 6.13. The Morgan fingerprint density at radius 3 is 2.43 bits per heavy atom. The minimum Gasteiger partial charge on any atom is -0.342 e. The van der Waals surface area contributed by atoms with E-state index < -0.39 is 23.6 Å². The van der Waals surface area contributed by atoms with E-state index in [1.807, 2.05) is 66.2 Å². The summed E-state index contributed by atoms with van der Waals surface area (Å²) in [4.78, 5) is 27.1. The zero-order valence-corrected chi connectivity index (χ0v) is 20.4. The lowest BCUT2D eigenvalue weighted by Gasteiger charge is -2.29. The van der Waals surface area contributed by atoms with Crippen molar-refractivity contribution in [3.63, 3.8) is 0 Å². The molecule has 0 atom stereocenters. The maximum atomic E-state index is 13.4. The lowest BCUT2D eigenvalue weighted by molar-refractivity contribution is -0.137. The molecular formula is C28H20F3N3O2S. The SMILES string of the molecule is Cc1ccc(Cn2cc(/C=C3\C(=O)NC(=S)N(c4cccc(C(F)(F)F)c4)C3=O)c3ccccc32)cc1. The standard InChI is InChI=1S/C28H20F3N3O2S/c1-17-9-11-18(12-10-17)15-33-16-19(22-7-2-3-8-24(22)33)13-23-25(35)32-27(37)34(26(23)36)21-6-4-5-20(14-21)28(29,30)31/h2-14,16H,15H2,1H3,(H,32,35,37)/b23-13+. The molecule has 0 saturated carbocycles. The molecule has 3 aromatic carbocycles. The largest absolute Gasteiger partial charge is 0.416 e. The Bertz CT molecular complexity index is 1590. The van der Waals surface area contributed by atoms with Crippen LogP contribution in [0.1, 0.15) is 22.3 Å². The first kappa shape index (κ1) is 24.5. The van der Waals surface area contributed by atoms with Crippen molar-refractivity contribution in [2.75, 3.05) is 4.90 Å². The number of thiocarbonyl (C=S) groups is 1. The minimum atomic E-state index is -4.60. The second kappa shape index (κ2) is 9.33. The molecule has 186 valence electrons. The fourth-order valence-corrected chi connectivity index (χ4v) is 4.56. The average molecular weight is 520 g/mol. The molecule has 0 aliphatic carbocycles. The fourth-order valence-electron chi connectivity index (χ4n) is 4.28. The predicted molar refractivity (Wildman–Crippen MR) is 140 cm³/mol. The molecule has 0 radical (unpaired) electrons. The molecule has 4 aromatic rings. The number of para-hydroxylation sites is 1. The van der Waals surface area contributed by atoms with E-state index in [4.69, 9.17) is 12.2 Å². The van der Waals surface area contributed by atoms with Crippen molar-refractivity contribution in [2.24, 2.45) is 0 Å². The number of carbonyl (C=O) groups excluding carboxylic acids is 2. The van der Waals surface area contributed by atoms with Gasteiger partial charge in [0, 0.05) is 29.2 Å². The van der Waals surface area contributed by atoms with Gasteiger partial charge in [-0.25, -0.2) is 0 Å². The molecule has 2 heterocycles. The predicted octanol–water partition coefficient (Wildman–Crippen LogP) is 5.85. The van der Waals surface area contributed by atoms with Crippen LogP contribution in [0.5, 0.6) is 0 Å². The van der Waals surface area contributed by atoms with Crippen molar-refractivity contribution >= 4 is 51.8 Å². The van der Waals surface area contributed by atoms with Crippen molar-refractivity contribution in [2.45, 2.75) is 19.6 Å². The number of rotatable bonds is 4. The smallest absolute Gasteiger partial charge is 0.342 e. The number of halogens is 3. The third-order valence-corrected chi connectivity index (χ3v) is 6.41. The topological polar surface area (TPSA) is 54.3 Å². The number of amides is 2. The van der Waals surface area contributed by atoms with E-state index in [-0.39, 0.29) is 16.4 Å². The van der Waals surface area contributed by atoms with Crippen LogP contribution in [0.3, 0.4) is 0 Å². The molecule has 2 amide bonds. The van der Waals surface area contributed by atoms with Gasteiger partial charge in [-0.05, 0) is 55.0 Å². The molecule has 1 aromatic heterocycles. The van der Waals surface area contributed by atoms with Crippen LogP contribution < -0.4 is 10.2 Å². The van der Waals surface area contributed by atoms with Crippen LogP contribution in [0.4, 0.5) is 18.9 Å². The summed E-state index contributed by atoms with van der Waals surface area (Å²) in [5.74, 6) is -1.52. The van der Waals surface area contributed by atoms with Crippen LogP contribution in [0.2, 0.25) is 0 Å². The third kappa shape index (κ3) is 4.77. The van der Waals surface area contributed by atoms with Gasteiger partial charge in [-0.3, -0.25) is 19.8 Å². The zero-order chi connectivity index (χ0) is 26.3. The van der Waals surface area contributed by atoms with Crippen LogP contribution in [0.25, 0.3) is 17.0 Å². The normalized spacial score (nSPS) is 15.5. The van der Waals surface area contributed by atoms with Gasteiger partial charge < -0.3 is 4.57 Å².